The molecule has 0 unspecified atom stereocenters. The molecule has 0 aromatic carbocycles. The molecule has 0 N–H and O–H groups in total. The van der Waals surface area contributed by atoms with Crippen molar-refractivity contribution in [3.8, 4) is 0 Å². The molecule has 2 heteroatoms. The van der Waals surface area contributed by atoms with Gasteiger partial charge in [0.25, 0.3) is 0 Å². The summed E-state index contributed by atoms with van der Waals surface area (Å²) >= 11 is 0. The Kier molecular flexibility index (Phi) is 3.62. The third kappa shape index (κ3) is 7.76. The van der Waals surface area contributed by atoms with Crippen LogP contribution in [0.2, 0.25) is 19.6 Å². The van der Waals surface area contributed by atoms with Crippen LogP contribution >= 0.6 is 0 Å². The van der Waals surface area contributed by atoms with E-state index in [9.17, 15) is 0 Å². The molecular formula is C7H16OSi. The van der Waals surface area contributed by atoms with E-state index in [0.29, 0.717) is 0 Å². The van der Waals surface area contributed by atoms with Crippen LogP contribution in [0.3, 0.4) is 0 Å². The Morgan fingerprint density at radius 3 is 2.22 bits per heavy atom. The first-order valence-corrected chi connectivity index (χ1v) is 6.93. The number of hydrogen-bond acceptors (Lipinski definition) is 1. The van der Waals surface area contributed by atoms with E-state index >= 15 is 0 Å². The molecule has 0 saturated carbocycles. The maximum atomic E-state index is 5.06. The molecule has 1 nitrogen and oxygen atoms in total. The fourth-order valence-corrected chi connectivity index (χ4v) is 0.853. The second-order valence-corrected chi connectivity index (χ2v) is 8.19. The van der Waals surface area contributed by atoms with E-state index in [1.54, 1.807) is 0 Å². The van der Waals surface area contributed by atoms with Crippen LogP contribution in [-0.2, 0) is 4.74 Å². The molecule has 0 aromatic heterocycles. The summed E-state index contributed by atoms with van der Waals surface area (Å²) in [6.45, 7) is 9.61. The fourth-order valence-electron chi connectivity index (χ4n) is 0.348. The van der Waals surface area contributed by atoms with Gasteiger partial charge in [0.05, 0.1) is 20.9 Å². The third-order valence-electron chi connectivity index (χ3n) is 0.831. The quantitative estimate of drug-likeness (QED) is 0.436. The molecule has 0 fully saturated rings. The van der Waals surface area contributed by atoms with E-state index in [2.05, 4.69) is 25.3 Å². The van der Waals surface area contributed by atoms with E-state index in [4.69, 9.17) is 4.74 Å². The topological polar surface area (TPSA) is 9.23 Å². The zero-order valence-electron chi connectivity index (χ0n) is 6.77. The van der Waals surface area contributed by atoms with Crippen LogP contribution in [0, 0.1) is 0 Å². The zero-order valence-corrected chi connectivity index (χ0v) is 7.77. The first-order valence-electron chi connectivity index (χ1n) is 3.35. The molecule has 0 bridgehead atoms. The molecule has 0 spiro atoms. The van der Waals surface area contributed by atoms with Crippen LogP contribution in [0.4, 0.5) is 0 Å². The minimum Gasteiger partial charge on any atom is -0.502 e. The van der Waals surface area contributed by atoms with Gasteiger partial charge in [-0.1, -0.05) is 25.3 Å². The van der Waals surface area contributed by atoms with Crippen molar-refractivity contribution in [1.29, 1.82) is 0 Å². The summed E-state index contributed by atoms with van der Waals surface area (Å²) in [6, 6.07) is 0. The number of hydrogen-bond donors (Lipinski definition) is 0. The Morgan fingerprint density at radius 2 is 1.89 bits per heavy atom. The summed E-state index contributed by atoms with van der Waals surface area (Å²) in [5.41, 5.74) is 2.19. The molecule has 54 valence electrons. The van der Waals surface area contributed by atoms with Gasteiger partial charge in [0, 0.05) is 0 Å². The summed E-state index contributed by atoms with van der Waals surface area (Å²) in [5, 5.41) is 0. The molecule has 0 radical (unpaired) electrons. The minimum atomic E-state index is -1.00. The lowest BCUT2D eigenvalue weighted by Crippen LogP contribution is -2.15. The molecule has 0 amide bonds. The first-order chi connectivity index (χ1) is 4.06. The average molecular weight is 144 g/mol. The first kappa shape index (κ1) is 8.76. The number of rotatable bonds is 3. The van der Waals surface area contributed by atoms with Gasteiger partial charge in [-0.3, -0.25) is 0 Å². The molecule has 0 atom stereocenters. The molecule has 0 aliphatic rings. The van der Waals surface area contributed by atoms with Crippen LogP contribution in [0.15, 0.2) is 12.0 Å². The lowest BCUT2D eigenvalue weighted by Gasteiger charge is -2.07. The Bertz CT molecular complexity index is 91.6. The summed E-state index contributed by atoms with van der Waals surface area (Å²) in [5.74, 6) is 0. The highest BCUT2D eigenvalue weighted by atomic mass is 28.3. The SMILES string of the molecule is CCO/C=C\[Si](C)(C)C. The van der Waals surface area contributed by atoms with Gasteiger partial charge in [-0.2, -0.15) is 0 Å². The highest BCUT2D eigenvalue weighted by Gasteiger charge is 2.06. The normalized spacial score (nSPS) is 12.4. The molecule has 9 heavy (non-hydrogen) atoms. The predicted molar refractivity (Wildman–Crippen MR) is 44.1 cm³/mol. The van der Waals surface area contributed by atoms with E-state index in [0.717, 1.165) is 6.61 Å². The minimum absolute atomic E-state index is 0.779. The van der Waals surface area contributed by atoms with Crippen LogP contribution in [0.1, 0.15) is 6.92 Å². The standard InChI is InChI=1S/C7H16OSi/c1-5-8-6-7-9(2,3)4/h6-7H,5H2,1-4H3/b7-6-. The van der Waals surface area contributed by atoms with Crippen LogP contribution in [0.25, 0.3) is 0 Å². The lowest BCUT2D eigenvalue weighted by molar-refractivity contribution is 0.270. The van der Waals surface area contributed by atoms with E-state index in [1.165, 1.54) is 0 Å². The van der Waals surface area contributed by atoms with E-state index in [-0.39, 0.29) is 0 Å². The highest BCUT2D eigenvalue weighted by molar-refractivity contribution is 6.80. The maximum absolute atomic E-state index is 5.06. The molecule has 0 heterocycles. The molecule has 0 aromatic rings. The van der Waals surface area contributed by atoms with Gasteiger partial charge in [0.1, 0.15) is 0 Å². The lowest BCUT2D eigenvalue weighted by atomic mass is 10.9. The molecule has 0 aliphatic carbocycles. The summed E-state index contributed by atoms with van der Waals surface area (Å²) in [6.07, 6.45) is 1.83. The second-order valence-electron chi connectivity index (χ2n) is 3.12. The van der Waals surface area contributed by atoms with Crippen molar-refractivity contribution < 1.29 is 4.74 Å². The average Bonchev–Trinajstić information content (AvgIpc) is 1.63. The van der Waals surface area contributed by atoms with Crippen molar-refractivity contribution >= 4 is 8.07 Å². The van der Waals surface area contributed by atoms with Crippen molar-refractivity contribution in [2.45, 2.75) is 26.6 Å². The van der Waals surface area contributed by atoms with Gasteiger partial charge in [0.15, 0.2) is 0 Å². The van der Waals surface area contributed by atoms with Crippen LogP contribution in [-0.4, -0.2) is 14.7 Å². The molecule has 0 aliphatic heterocycles. The summed E-state index contributed by atoms with van der Waals surface area (Å²) < 4.78 is 5.06. The molecule has 0 rings (SSSR count). The van der Waals surface area contributed by atoms with Gasteiger partial charge < -0.3 is 4.74 Å². The van der Waals surface area contributed by atoms with Crippen LogP contribution < -0.4 is 0 Å². The number of ether oxygens (including phenoxy) is 1. The summed E-state index contributed by atoms with van der Waals surface area (Å²) in [4.78, 5) is 0. The Morgan fingerprint density at radius 1 is 1.33 bits per heavy atom. The summed E-state index contributed by atoms with van der Waals surface area (Å²) in [7, 11) is -1.00. The van der Waals surface area contributed by atoms with E-state index in [1.807, 2.05) is 13.2 Å². The largest absolute Gasteiger partial charge is 0.502 e. The highest BCUT2D eigenvalue weighted by Crippen LogP contribution is 2.01. The Hall–Kier alpha value is -0.243. The fraction of sp³-hybridized carbons (Fsp3) is 0.714. The van der Waals surface area contributed by atoms with Gasteiger partial charge in [-0.25, -0.2) is 0 Å². The van der Waals surface area contributed by atoms with Crippen molar-refractivity contribution in [3.63, 3.8) is 0 Å². The third-order valence-corrected chi connectivity index (χ3v) is 1.97. The van der Waals surface area contributed by atoms with Crippen molar-refractivity contribution in [2.75, 3.05) is 6.61 Å². The van der Waals surface area contributed by atoms with Gasteiger partial charge in [-0.15, -0.1) is 0 Å². The molecular weight excluding hydrogens is 128 g/mol. The van der Waals surface area contributed by atoms with Crippen molar-refractivity contribution in [2.24, 2.45) is 0 Å². The van der Waals surface area contributed by atoms with E-state index < -0.39 is 8.07 Å². The zero-order chi connectivity index (χ0) is 7.33. The van der Waals surface area contributed by atoms with Crippen LogP contribution in [0.5, 0.6) is 0 Å². The molecule has 0 saturated heterocycles. The van der Waals surface area contributed by atoms with Gasteiger partial charge >= 0.3 is 0 Å². The van der Waals surface area contributed by atoms with Crippen molar-refractivity contribution in [3.05, 3.63) is 12.0 Å². The van der Waals surface area contributed by atoms with Gasteiger partial charge in [0.2, 0.25) is 0 Å². The smallest absolute Gasteiger partial charge is 0.0844 e. The predicted octanol–water partition coefficient (Wildman–Crippen LogP) is 2.41. The Balaban J connectivity index is 3.45. The van der Waals surface area contributed by atoms with Gasteiger partial charge in [-0.05, 0) is 6.92 Å². The Labute approximate surface area is 58.7 Å². The second kappa shape index (κ2) is 3.72. The van der Waals surface area contributed by atoms with Crippen molar-refractivity contribution in [1.82, 2.24) is 0 Å². The monoisotopic (exact) mass is 144 g/mol. The maximum Gasteiger partial charge on any atom is 0.0844 e.